The number of amides is 1. The quantitative estimate of drug-likeness (QED) is 0.386. The summed E-state index contributed by atoms with van der Waals surface area (Å²) in [6, 6.07) is 18.9. The molecular formula is C24H22N4O3S. The molecule has 0 saturated carbocycles. The van der Waals surface area contributed by atoms with Gasteiger partial charge in [-0.2, -0.15) is 0 Å². The van der Waals surface area contributed by atoms with Gasteiger partial charge in [0.15, 0.2) is 0 Å². The summed E-state index contributed by atoms with van der Waals surface area (Å²) in [6.45, 7) is 3.01. The normalized spacial score (nSPS) is 10.5. The lowest BCUT2D eigenvalue weighted by Gasteiger charge is -2.08. The van der Waals surface area contributed by atoms with Crippen molar-refractivity contribution < 1.29 is 14.3 Å². The van der Waals surface area contributed by atoms with Crippen LogP contribution in [0.15, 0.2) is 73.1 Å². The van der Waals surface area contributed by atoms with E-state index in [-0.39, 0.29) is 5.91 Å². The first-order valence-electron chi connectivity index (χ1n) is 10.1. The summed E-state index contributed by atoms with van der Waals surface area (Å²) in [6.07, 6.45) is 3.40. The number of pyridine rings is 2. The van der Waals surface area contributed by atoms with E-state index < -0.39 is 0 Å². The summed E-state index contributed by atoms with van der Waals surface area (Å²) >= 11 is 1.33. The molecule has 0 aliphatic rings. The van der Waals surface area contributed by atoms with Gasteiger partial charge >= 0.3 is 0 Å². The zero-order chi connectivity index (χ0) is 22.2. The second-order valence-corrected chi connectivity index (χ2v) is 7.84. The van der Waals surface area contributed by atoms with Crippen LogP contribution in [0.1, 0.15) is 20.9 Å². The predicted octanol–water partition coefficient (Wildman–Crippen LogP) is 4.30. The van der Waals surface area contributed by atoms with Crippen molar-refractivity contribution >= 4 is 17.2 Å². The zero-order valence-corrected chi connectivity index (χ0v) is 18.3. The molecule has 1 amide bonds. The maximum atomic E-state index is 12.6. The summed E-state index contributed by atoms with van der Waals surface area (Å²) in [7, 11) is 0. The number of ether oxygens (including phenoxy) is 2. The molecular weight excluding hydrogens is 424 g/mol. The number of para-hydroxylation sites is 1. The van der Waals surface area contributed by atoms with Gasteiger partial charge in [0.25, 0.3) is 5.91 Å². The van der Waals surface area contributed by atoms with E-state index in [1.807, 2.05) is 61.5 Å². The Hall–Kier alpha value is -3.78. The molecule has 32 heavy (non-hydrogen) atoms. The van der Waals surface area contributed by atoms with Gasteiger partial charge in [-0.05, 0) is 36.8 Å². The summed E-state index contributed by atoms with van der Waals surface area (Å²) in [5.41, 5.74) is 2.32. The first-order valence-corrected chi connectivity index (χ1v) is 10.9. The van der Waals surface area contributed by atoms with Gasteiger partial charge in [-0.3, -0.25) is 9.78 Å². The third-order valence-corrected chi connectivity index (χ3v) is 5.66. The van der Waals surface area contributed by atoms with Crippen LogP contribution in [0.2, 0.25) is 0 Å². The lowest BCUT2D eigenvalue weighted by molar-refractivity contribution is 0.0954. The molecule has 0 atom stereocenters. The molecule has 0 unspecified atom stereocenters. The Labute approximate surface area is 190 Å². The summed E-state index contributed by atoms with van der Waals surface area (Å²) in [5.74, 6) is 1.15. The van der Waals surface area contributed by atoms with E-state index in [4.69, 9.17) is 9.47 Å². The third-order valence-electron chi connectivity index (χ3n) is 4.48. The summed E-state index contributed by atoms with van der Waals surface area (Å²) in [4.78, 5) is 26.3. The van der Waals surface area contributed by atoms with E-state index in [9.17, 15) is 4.79 Å². The predicted molar refractivity (Wildman–Crippen MR) is 123 cm³/mol. The number of hydrogen-bond donors (Lipinski definition) is 1. The second-order valence-electron chi connectivity index (χ2n) is 6.85. The van der Waals surface area contributed by atoms with E-state index in [2.05, 4.69) is 20.3 Å². The molecule has 3 heterocycles. The molecule has 0 aliphatic carbocycles. The molecule has 1 aromatic carbocycles. The SMILES string of the molecule is Cc1nc(-c2ccccn2)sc1C(=O)NCc1ccc(OCCOc2ccccc2)nc1. The fourth-order valence-corrected chi connectivity index (χ4v) is 3.85. The Balaban J connectivity index is 1.25. The first-order chi connectivity index (χ1) is 15.7. The Bertz CT molecular complexity index is 1150. The maximum Gasteiger partial charge on any atom is 0.263 e. The molecule has 0 fully saturated rings. The van der Waals surface area contributed by atoms with Crippen LogP contribution in [0.4, 0.5) is 0 Å². The van der Waals surface area contributed by atoms with Crippen LogP contribution < -0.4 is 14.8 Å². The Kier molecular flexibility index (Phi) is 7.04. The molecule has 0 saturated heterocycles. The van der Waals surface area contributed by atoms with E-state index in [1.54, 1.807) is 18.5 Å². The Morgan fingerprint density at radius 3 is 2.53 bits per heavy atom. The van der Waals surface area contributed by atoms with Gasteiger partial charge in [0.2, 0.25) is 5.88 Å². The summed E-state index contributed by atoms with van der Waals surface area (Å²) in [5, 5.41) is 3.65. The van der Waals surface area contributed by atoms with E-state index >= 15 is 0 Å². The number of aromatic nitrogens is 3. The van der Waals surface area contributed by atoms with Crippen LogP contribution in [0.25, 0.3) is 10.7 Å². The molecule has 7 nitrogen and oxygen atoms in total. The van der Waals surface area contributed by atoms with Crippen molar-refractivity contribution in [3.05, 3.63) is 89.2 Å². The number of thiazole rings is 1. The van der Waals surface area contributed by atoms with Gasteiger partial charge in [0.1, 0.15) is 28.8 Å². The number of carbonyl (C=O) groups is 1. The molecule has 162 valence electrons. The van der Waals surface area contributed by atoms with E-state index in [1.165, 1.54) is 11.3 Å². The molecule has 0 aliphatic heterocycles. The standard InChI is InChI=1S/C24H22N4O3S/c1-17-22(32-24(28-17)20-9-5-6-12-25-20)23(29)27-16-18-10-11-21(26-15-18)31-14-13-30-19-7-3-2-4-8-19/h2-12,15H,13-14,16H2,1H3,(H,27,29). The highest BCUT2D eigenvalue weighted by Gasteiger charge is 2.16. The topological polar surface area (TPSA) is 86.2 Å². The number of benzene rings is 1. The molecule has 3 aromatic heterocycles. The number of rotatable bonds is 9. The average Bonchev–Trinajstić information content (AvgIpc) is 3.24. The molecule has 4 aromatic rings. The zero-order valence-electron chi connectivity index (χ0n) is 17.5. The number of nitrogens with zero attached hydrogens (tertiary/aromatic N) is 3. The van der Waals surface area contributed by atoms with Gasteiger partial charge < -0.3 is 14.8 Å². The van der Waals surface area contributed by atoms with Crippen LogP contribution in [-0.2, 0) is 6.54 Å². The number of nitrogens with one attached hydrogen (secondary N) is 1. The monoisotopic (exact) mass is 446 g/mol. The van der Waals surface area contributed by atoms with Crippen molar-refractivity contribution in [2.45, 2.75) is 13.5 Å². The highest BCUT2D eigenvalue weighted by molar-refractivity contribution is 7.17. The lowest BCUT2D eigenvalue weighted by Crippen LogP contribution is -2.22. The molecule has 0 radical (unpaired) electrons. The Morgan fingerprint density at radius 1 is 0.969 bits per heavy atom. The van der Waals surface area contributed by atoms with E-state index in [0.717, 1.165) is 22.0 Å². The minimum atomic E-state index is -0.166. The summed E-state index contributed by atoms with van der Waals surface area (Å²) < 4.78 is 11.2. The smallest absolute Gasteiger partial charge is 0.263 e. The lowest BCUT2D eigenvalue weighted by atomic mass is 10.3. The van der Waals surface area contributed by atoms with Gasteiger partial charge in [-0.15, -0.1) is 11.3 Å². The van der Waals surface area contributed by atoms with Crippen molar-refractivity contribution in [1.82, 2.24) is 20.3 Å². The highest BCUT2D eigenvalue weighted by atomic mass is 32.1. The third kappa shape index (κ3) is 5.67. The molecule has 8 heteroatoms. The highest BCUT2D eigenvalue weighted by Crippen LogP contribution is 2.26. The largest absolute Gasteiger partial charge is 0.490 e. The second kappa shape index (κ2) is 10.5. The van der Waals surface area contributed by atoms with Crippen molar-refractivity contribution in [3.63, 3.8) is 0 Å². The van der Waals surface area contributed by atoms with Crippen LogP contribution in [-0.4, -0.2) is 34.1 Å². The van der Waals surface area contributed by atoms with Crippen LogP contribution in [0.5, 0.6) is 11.6 Å². The fourth-order valence-electron chi connectivity index (χ4n) is 2.89. The van der Waals surface area contributed by atoms with Crippen molar-refractivity contribution in [1.29, 1.82) is 0 Å². The van der Waals surface area contributed by atoms with Crippen molar-refractivity contribution in [3.8, 4) is 22.3 Å². The van der Waals surface area contributed by atoms with Gasteiger partial charge in [-0.25, -0.2) is 9.97 Å². The molecule has 4 rings (SSSR count). The fraction of sp³-hybridized carbons (Fsp3) is 0.167. The van der Waals surface area contributed by atoms with Crippen LogP contribution in [0, 0.1) is 6.92 Å². The number of aryl methyl sites for hydroxylation is 1. The van der Waals surface area contributed by atoms with Crippen LogP contribution in [0.3, 0.4) is 0 Å². The molecule has 1 N–H and O–H groups in total. The van der Waals surface area contributed by atoms with Crippen molar-refractivity contribution in [2.24, 2.45) is 0 Å². The van der Waals surface area contributed by atoms with Crippen LogP contribution >= 0.6 is 11.3 Å². The first kappa shape index (κ1) is 21.5. The van der Waals surface area contributed by atoms with Gasteiger partial charge in [-0.1, -0.05) is 30.3 Å². The van der Waals surface area contributed by atoms with Crippen molar-refractivity contribution in [2.75, 3.05) is 13.2 Å². The minimum Gasteiger partial charge on any atom is -0.490 e. The minimum absolute atomic E-state index is 0.166. The van der Waals surface area contributed by atoms with E-state index in [0.29, 0.717) is 36.2 Å². The van der Waals surface area contributed by atoms with Gasteiger partial charge in [0, 0.05) is 25.0 Å². The Morgan fingerprint density at radius 2 is 1.78 bits per heavy atom. The van der Waals surface area contributed by atoms with Gasteiger partial charge in [0.05, 0.1) is 11.4 Å². The maximum absolute atomic E-state index is 12.6. The molecule has 0 bridgehead atoms. The number of hydrogen-bond acceptors (Lipinski definition) is 7. The number of carbonyl (C=O) groups excluding carboxylic acids is 1. The molecule has 0 spiro atoms. The average molecular weight is 447 g/mol.